The number of Topliss-reactive ketones (excluding diaryl/α,β-unsaturated/α-hetero) is 1. The highest BCUT2D eigenvalue weighted by Gasteiger charge is 2.38. The van der Waals surface area contributed by atoms with Gasteiger partial charge in [0.1, 0.15) is 29.9 Å². The van der Waals surface area contributed by atoms with Crippen molar-refractivity contribution >= 4 is 47.0 Å². The molecule has 1 fully saturated rings. The molecule has 2 unspecified atom stereocenters. The molecule has 1 aliphatic heterocycles. The Morgan fingerprint density at radius 3 is 2.13 bits per heavy atom. The second-order valence-corrected chi connectivity index (χ2v) is 16.2. The van der Waals surface area contributed by atoms with Gasteiger partial charge in [0.25, 0.3) is 0 Å². The molecule has 2 aliphatic rings. The average Bonchev–Trinajstić information content (AvgIpc) is 3.04. The van der Waals surface area contributed by atoms with Gasteiger partial charge in [0, 0.05) is 44.5 Å². The third-order valence-electron chi connectivity index (χ3n) is 9.07. The number of esters is 1. The molecule has 0 saturated carbocycles. The van der Waals surface area contributed by atoms with Crippen LogP contribution in [0.15, 0.2) is 16.3 Å². The van der Waals surface area contributed by atoms with Gasteiger partial charge in [0.05, 0.1) is 24.4 Å². The topological polar surface area (TPSA) is 231 Å². The number of nitrogens with one attached hydrogen (secondary N) is 5. The van der Waals surface area contributed by atoms with Gasteiger partial charge < -0.3 is 41.2 Å². The van der Waals surface area contributed by atoms with Gasteiger partial charge >= 0.3 is 5.97 Å². The Morgan fingerprint density at radius 2 is 1.54 bits per heavy atom. The number of carbonyl (C=O) groups excluding carboxylic acids is 7. The van der Waals surface area contributed by atoms with Crippen LogP contribution in [0.5, 0.6) is 0 Å². The minimum Gasteiger partial charge on any atom is -0.511 e. The van der Waals surface area contributed by atoms with E-state index >= 15 is 0 Å². The lowest BCUT2D eigenvalue weighted by Crippen LogP contribution is -2.60. The number of allylic oxidation sites excluding steroid dienone is 2. The molecule has 1 aliphatic carbocycles. The van der Waals surface area contributed by atoms with Crippen LogP contribution in [0.25, 0.3) is 0 Å². The summed E-state index contributed by atoms with van der Waals surface area (Å²) in [6.45, 7) is 16.0. The van der Waals surface area contributed by atoms with Gasteiger partial charge in [-0.1, -0.05) is 27.7 Å². The van der Waals surface area contributed by atoms with Crippen molar-refractivity contribution in [3.63, 3.8) is 0 Å². The van der Waals surface area contributed by atoms with E-state index in [9.17, 15) is 38.7 Å². The quantitative estimate of drug-likeness (QED) is 0.156. The number of aliphatic hydroxyl groups excluding tert-OH is 1. The monoisotopic (exact) mass is 762 g/mol. The maximum Gasteiger partial charge on any atom is 0.328 e. The fraction of sp³-hybridized carbons (Fsp3) is 0.737. The van der Waals surface area contributed by atoms with Crippen LogP contribution in [-0.4, -0.2) is 108 Å². The summed E-state index contributed by atoms with van der Waals surface area (Å²) < 4.78 is 11.0. The molecule has 5 atom stereocenters. The Labute approximate surface area is 318 Å². The largest absolute Gasteiger partial charge is 0.511 e. The Bertz CT molecular complexity index is 1460. The summed E-state index contributed by atoms with van der Waals surface area (Å²) in [6.07, 6.45) is 0.169. The summed E-state index contributed by atoms with van der Waals surface area (Å²) in [6, 6.07) is -4.88. The van der Waals surface area contributed by atoms with Crippen LogP contribution in [0.3, 0.4) is 0 Å². The average molecular weight is 763 g/mol. The Hall–Kier alpha value is -4.34. The molecular weight excluding hydrogens is 700 g/mol. The second kappa shape index (κ2) is 20.4. The van der Waals surface area contributed by atoms with E-state index in [1.807, 2.05) is 13.8 Å². The predicted molar refractivity (Wildman–Crippen MR) is 201 cm³/mol. The number of hydrogen-bond acceptors (Lipinski definition) is 11. The zero-order valence-electron chi connectivity index (χ0n) is 33.6. The Balaban J connectivity index is 2.59. The van der Waals surface area contributed by atoms with Crippen molar-refractivity contribution in [3.05, 3.63) is 11.3 Å². The van der Waals surface area contributed by atoms with Gasteiger partial charge in [0.15, 0.2) is 5.78 Å². The predicted octanol–water partition coefficient (Wildman–Crippen LogP) is 2.09. The van der Waals surface area contributed by atoms with Gasteiger partial charge in [0.2, 0.25) is 29.5 Å². The van der Waals surface area contributed by atoms with Crippen LogP contribution in [0.4, 0.5) is 0 Å². The molecule has 0 radical (unpaired) electrons. The van der Waals surface area contributed by atoms with Crippen molar-refractivity contribution < 1.29 is 48.1 Å². The lowest BCUT2D eigenvalue weighted by Gasteiger charge is -2.32. The molecule has 0 aromatic carbocycles. The summed E-state index contributed by atoms with van der Waals surface area (Å²) in [5.74, 6) is -4.45. The van der Waals surface area contributed by atoms with Crippen LogP contribution >= 0.6 is 0 Å². The summed E-state index contributed by atoms with van der Waals surface area (Å²) in [4.78, 5) is 97.4. The number of hydrogen-bond donors (Lipinski definition) is 6. The highest BCUT2D eigenvalue weighted by molar-refractivity contribution is 6.22. The first-order valence-corrected chi connectivity index (χ1v) is 18.8. The zero-order valence-corrected chi connectivity index (χ0v) is 33.6. The molecule has 16 heteroatoms. The highest BCUT2D eigenvalue weighted by Crippen LogP contribution is 2.36. The Morgan fingerprint density at radius 1 is 0.907 bits per heavy atom. The summed E-state index contributed by atoms with van der Waals surface area (Å²) in [7, 11) is 1.19. The summed E-state index contributed by atoms with van der Waals surface area (Å²) in [5, 5.41) is 24.3. The number of aliphatic imine (C=N–C) groups is 1. The van der Waals surface area contributed by atoms with Crippen LogP contribution in [0.1, 0.15) is 114 Å². The Kier molecular flexibility index (Phi) is 17.3. The zero-order chi connectivity index (χ0) is 41.0. The number of ether oxygens (including phenoxy) is 2. The van der Waals surface area contributed by atoms with Crippen LogP contribution in [0.2, 0.25) is 0 Å². The maximum absolute atomic E-state index is 14.1. The first-order chi connectivity index (χ1) is 25.0. The fourth-order valence-corrected chi connectivity index (χ4v) is 6.39. The molecule has 0 spiro atoms. The molecule has 1 heterocycles. The second-order valence-electron chi connectivity index (χ2n) is 16.2. The maximum atomic E-state index is 14.1. The molecule has 304 valence electrons. The van der Waals surface area contributed by atoms with E-state index < -0.39 is 70.9 Å². The number of ketones is 1. The third kappa shape index (κ3) is 14.8. The SMILES string of the molecule is COC(=O)C(NC(=O)[C@@H]1CCC(=O)NCCC(=O)NCCCC[C@H](N=C(C)C2=C(O)CC(C)(C)CC2=O)C(=O)N[C@@H](C(C)OC(C)(C)C)C(=O)N1)C(C)C. The van der Waals surface area contributed by atoms with Gasteiger partial charge in [-0.05, 0) is 71.6 Å². The number of aliphatic hydroxyl groups is 1. The number of rotatable bonds is 8. The fourth-order valence-electron chi connectivity index (χ4n) is 6.39. The molecule has 54 heavy (non-hydrogen) atoms. The van der Waals surface area contributed by atoms with E-state index in [1.54, 1.807) is 48.5 Å². The van der Waals surface area contributed by atoms with Crippen molar-refractivity contribution in [2.45, 2.75) is 150 Å². The minimum atomic E-state index is -1.37. The number of nitrogens with zero attached hydrogens (tertiary/aromatic N) is 1. The van der Waals surface area contributed by atoms with E-state index in [1.165, 1.54) is 7.11 Å². The van der Waals surface area contributed by atoms with Crippen LogP contribution in [-0.2, 0) is 43.0 Å². The molecular formula is C38H62N6O10. The third-order valence-corrected chi connectivity index (χ3v) is 9.07. The minimum absolute atomic E-state index is 0.00684. The molecule has 6 N–H and O–H groups in total. The van der Waals surface area contributed by atoms with Crippen molar-refractivity contribution in [2.24, 2.45) is 16.3 Å². The standard InChI is InChI=1S/C38H62N6O10/c1-21(2)31(36(52)53-10)43-34(50)25-14-15-28(47)40-18-16-29(48)39-17-12-11-13-24(41-22(3)30-26(45)19-38(8,9)20-27(30)46)33(49)44-32(35(51)42-25)23(4)54-37(5,6)7/h21,23-25,31-32,45H,11-20H2,1-10H3,(H,39,48)(H,40,47)(H,42,51)(H,43,50)(H,44,49)/t23?,24-,25-,31?,32-/m0/s1. The molecule has 1 saturated heterocycles. The molecule has 2 rings (SSSR count). The van der Waals surface area contributed by atoms with Gasteiger partial charge in [-0.2, -0.15) is 0 Å². The van der Waals surface area contributed by atoms with Gasteiger partial charge in [-0.15, -0.1) is 0 Å². The number of amides is 5. The van der Waals surface area contributed by atoms with Gasteiger partial charge in [-0.25, -0.2) is 4.79 Å². The van der Waals surface area contributed by atoms with Crippen LogP contribution in [0, 0.1) is 11.3 Å². The van der Waals surface area contributed by atoms with Crippen molar-refractivity contribution in [1.82, 2.24) is 26.6 Å². The highest BCUT2D eigenvalue weighted by atomic mass is 16.5. The van der Waals surface area contributed by atoms with E-state index in [4.69, 9.17) is 9.47 Å². The van der Waals surface area contributed by atoms with E-state index in [-0.39, 0.29) is 79.7 Å². The van der Waals surface area contributed by atoms with E-state index in [0.29, 0.717) is 19.4 Å². The first kappa shape index (κ1) is 45.8. The number of carbonyl (C=O) groups is 7. The molecule has 0 bridgehead atoms. The number of methoxy groups -OCH3 is 1. The molecule has 0 aromatic rings. The van der Waals surface area contributed by atoms with Gasteiger partial charge in [-0.3, -0.25) is 33.8 Å². The normalized spacial score (nSPS) is 24.5. The molecule has 5 amide bonds. The smallest absolute Gasteiger partial charge is 0.328 e. The van der Waals surface area contributed by atoms with Crippen molar-refractivity contribution in [3.8, 4) is 0 Å². The summed E-state index contributed by atoms with van der Waals surface area (Å²) in [5.41, 5.74) is -0.957. The van der Waals surface area contributed by atoms with Crippen molar-refractivity contribution in [1.29, 1.82) is 0 Å². The molecule has 16 nitrogen and oxygen atoms in total. The van der Waals surface area contributed by atoms with Crippen molar-refractivity contribution in [2.75, 3.05) is 20.2 Å². The van der Waals surface area contributed by atoms with E-state index in [2.05, 4.69) is 31.6 Å². The molecule has 0 aromatic heterocycles. The first-order valence-electron chi connectivity index (χ1n) is 18.8. The lowest BCUT2D eigenvalue weighted by molar-refractivity contribution is -0.147. The van der Waals surface area contributed by atoms with Crippen LogP contribution < -0.4 is 26.6 Å². The summed E-state index contributed by atoms with van der Waals surface area (Å²) >= 11 is 0. The lowest BCUT2D eigenvalue weighted by atomic mass is 9.75. The van der Waals surface area contributed by atoms with E-state index in [0.717, 1.165) is 0 Å².